The topological polar surface area (TPSA) is 56.5 Å². The molecule has 0 amide bonds. The third-order valence-corrected chi connectivity index (χ3v) is 2.73. The van der Waals surface area contributed by atoms with Gasteiger partial charge in [-0.25, -0.2) is 0 Å². The molecule has 0 saturated heterocycles. The van der Waals surface area contributed by atoms with Crippen molar-refractivity contribution in [3.8, 4) is 11.5 Å². The van der Waals surface area contributed by atoms with E-state index in [1.54, 1.807) is 0 Å². The molecule has 0 aliphatic carbocycles. The van der Waals surface area contributed by atoms with E-state index in [2.05, 4.69) is 18.3 Å². The summed E-state index contributed by atoms with van der Waals surface area (Å²) >= 11 is 0. The Balaban J connectivity index is 1.98. The number of hydrogen-bond donors (Lipinski definition) is 2. The van der Waals surface area contributed by atoms with E-state index >= 15 is 0 Å². The van der Waals surface area contributed by atoms with Crippen molar-refractivity contribution in [3.63, 3.8) is 0 Å². The molecule has 1 unspecified atom stereocenters. The molecule has 4 heteroatoms. The summed E-state index contributed by atoms with van der Waals surface area (Å²) in [5.74, 6) is 1.67. The third-order valence-electron chi connectivity index (χ3n) is 2.73. The average Bonchev–Trinajstić information content (AvgIpc) is 2.76. The normalized spacial score (nSPS) is 15.1. The van der Waals surface area contributed by atoms with Crippen LogP contribution in [0.3, 0.4) is 0 Å². The maximum atomic E-state index is 5.45. The summed E-state index contributed by atoms with van der Waals surface area (Å²) in [7, 11) is 0. The minimum absolute atomic E-state index is 0.307. The van der Waals surface area contributed by atoms with E-state index in [1.165, 1.54) is 5.56 Å². The fourth-order valence-electron chi connectivity index (χ4n) is 1.72. The van der Waals surface area contributed by atoms with Gasteiger partial charge in [-0.2, -0.15) is 0 Å². The predicted molar refractivity (Wildman–Crippen MR) is 62.7 cm³/mol. The Morgan fingerprint density at radius 1 is 1.38 bits per heavy atom. The minimum atomic E-state index is 0.307. The standard InChI is InChI=1S/C12H18N2O2/c1-9(14-6-2-5-13)10-3-4-11-12(7-10)16-8-15-11/h3-4,7,9,14H,2,5-6,8,13H2,1H3. The fraction of sp³-hybridized carbons (Fsp3) is 0.500. The van der Waals surface area contributed by atoms with Crippen LogP contribution in [0.2, 0.25) is 0 Å². The van der Waals surface area contributed by atoms with E-state index in [-0.39, 0.29) is 0 Å². The first-order chi connectivity index (χ1) is 7.81. The molecule has 88 valence electrons. The van der Waals surface area contributed by atoms with Crippen LogP contribution in [-0.4, -0.2) is 19.9 Å². The first kappa shape index (κ1) is 11.2. The van der Waals surface area contributed by atoms with Crippen molar-refractivity contribution < 1.29 is 9.47 Å². The number of rotatable bonds is 5. The Morgan fingerprint density at radius 3 is 3.00 bits per heavy atom. The molecule has 0 spiro atoms. The van der Waals surface area contributed by atoms with E-state index in [0.717, 1.165) is 31.0 Å². The van der Waals surface area contributed by atoms with Crippen LogP contribution in [0, 0.1) is 0 Å². The summed E-state index contributed by atoms with van der Waals surface area (Å²) in [5.41, 5.74) is 6.66. The van der Waals surface area contributed by atoms with Crippen molar-refractivity contribution >= 4 is 0 Å². The number of hydrogen-bond acceptors (Lipinski definition) is 4. The van der Waals surface area contributed by atoms with Crippen LogP contribution in [-0.2, 0) is 0 Å². The molecular formula is C12H18N2O2. The van der Waals surface area contributed by atoms with Gasteiger partial charge in [-0.15, -0.1) is 0 Å². The highest BCUT2D eigenvalue weighted by atomic mass is 16.7. The van der Waals surface area contributed by atoms with E-state index in [4.69, 9.17) is 15.2 Å². The molecule has 1 aliphatic rings. The van der Waals surface area contributed by atoms with Crippen molar-refractivity contribution in [2.24, 2.45) is 5.73 Å². The van der Waals surface area contributed by atoms with Gasteiger partial charge in [0.1, 0.15) is 0 Å². The second-order valence-corrected chi connectivity index (χ2v) is 3.93. The third kappa shape index (κ3) is 2.46. The van der Waals surface area contributed by atoms with Crippen molar-refractivity contribution in [2.45, 2.75) is 19.4 Å². The summed E-state index contributed by atoms with van der Waals surface area (Å²) < 4.78 is 10.6. The van der Waals surface area contributed by atoms with Crippen LogP contribution >= 0.6 is 0 Å². The van der Waals surface area contributed by atoms with E-state index in [0.29, 0.717) is 12.8 Å². The Morgan fingerprint density at radius 2 is 2.19 bits per heavy atom. The Bertz CT molecular complexity index is 355. The van der Waals surface area contributed by atoms with Gasteiger partial charge < -0.3 is 20.5 Å². The number of ether oxygens (including phenoxy) is 2. The lowest BCUT2D eigenvalue weighted by atomic mass is 10.1. The van der Waals surface area contributed by atoms with Gasteiger partial charge in [0, 0.05) is 6.04 Å². The van der Waals surface area contributed by atoms with E-state index < -0.39 is 0 Å². The van der Waals surface area contributed by atoms with Gasteiger partial charge in [-0.05, 0) is 44.1 Å². The predicted octanol–water partition coefficient (Wildman–Crippen LogP) is 1.41. The highest BCUT2D eigenvalue weighted by Gasteiger charge is 2.15. The van der Waals surface area contributed by atoms with Crippen LogP contribution in [0.5, 0.6) is 11.5 Å². The molecule has 2 rings (SSSR count). The molecule has 1 aromatic carbocycles. The lowest BCUT2D eigenvalue weighted by Gasteiger charge is -2.14. The maximum absolute atomic E-state index is 5.45. The molecule has 16 heavy (non-hydrogen) atoms. The largest absolute Gasteiger partial charge is 0.454 e. The monoisotopic (exact) mass is 222 g/mol. The van der Waals surface area contributed by atoms with Gasteiger partial charge in [0.25, 0.3) is 0 Å². The molecule has 1 heterocycles. The van der Waals surface area contributed by atoms with Crippen molar-refractivity contribution in [1.29, 1.82) is 0 Å². The van der Waals surface area contributed by atoms with Gasteiger partial charge in [0.05, 0.1) is 0 Å². The fourth-order valence-corrected chi connectivity index (χ4v) is 1.72. The van der Waals surface area contributed by atoms with Crippen LogP contribution in [0.15, 0.2) is 18.2 Å². The van der Waals surface area contributed by atoms with E-state index in [9.17, 15) is 0 Å². The first-order valence-corrected chi connectivity index (χ1v) is 5.64. The molecule has 1 aromatic rings. The quantitative estimate of drug-likeness (QED) is 0.740. The summed E-state index contributed by atoms with van der Waals surface area (Å²) in [6.07, 6.45) is 0.995. The number of nitrogens with one attached hydrogen (secondary N) is 1. The molecule has 4 nitrogen and oxygen atoms in total. The Hall–Kier alpha value is -1.26. The van der Waals surface area contributed by atoms with E-state index in [1.807, 2.05) is 12.1 Å². The van der Waals surface area contributed by atoms with Gasteiger partial charge in [0.15, 0.2) is 11.5 Å². The molecule has 0 radical (unpaired) electrons. The van der Waals surface area contributed by atoms with Crippen molar-refractivity contribution in [2.75, 3.05) is 19.9 Å². The second kappa shape index (κ2) is 5.18. The summed E-state index contributed by atoms with van der Waals surface area (Å²) in [4.78, 5) is 0. The Labute approximate surface area is 95.7 Å². The summed E-state index contributed by atoms with van der Waals surface area (Å²) in [6.45, 7) is 4.12. The Kier molecular flexibility index (Phi) is 3.64. The van der Waals surface area contributed by atoms with Gasteiger partial charge in [-0.3, -0.25) is 0 Å². The highest BCUT2D eigenvalue weighted by molar-refractivity contribution is 5.45. The van der Waals surface area contributed by atoms with Crippen molar-refractivity contribution in [3.05, 3.63) is 23.8 Å². The van der Waals surface area contributed by atoms with Crippen LogP contribution in [0.4, 0.5) is 0 Å². The van der Waals surface area contributed by atoms with Crippen molar-refractivity contribution in [1.82, 2.24) is 5.32 Å². The molecule has 1 aliphatic heterocycles. The zero-order valence-corrected chi connectivity index (χ0v) is 9.53. The second-order valence-electron chi connectivity index (χ2n) is 3.93. The zero-order valence-electron chi connectivity index (χ0n) is 9.53. The van der Waals surface area contributed by atoms with Gasteiger partial charge in [0.2, 0.25) is 6.79 Å². The first-order valence-electron chi connectivity index (χ1n) is 5.64. The SMILES string of the molecule is CC(NCCCN)c1ccc2c(c1)OCO2. The van der Waals surface area contributed by atoms with Gasteiger partial charge in [-0.1, -0.05) is 6.07 Å². The lowest BCUT2D eigenvalue weighted by Crippen LogP contribution is -2.21. The van der Waals surface area contributed by atoms with Crippen LogP contribution in [0.1, 0.15) is 24.9 Å². The van der Waals surface area contributed by atoms with Crippen LogP contribution in [0.25, 0.3) is 0 Å². The molecule has 3 N–H and O–H groups in total. The molecule has 1 atom stereocenters. The summed E-state index contributed by atoms with van der Waals surface area (Å²) in [5, 5.41) is 3.41. The lowest BCUT2D eigenvalue weighted by molar-refractivity contribution is 0.174. The van der Waals surface area contributed by atoms with Crippen LogP contribution < -0.4 is 20.5 Å². The number of benzene rings is 1. The summed E-state index contributed by atoms with van der Waals surface area (Å²) in [6, 6.07) is 6.36. The molecule has 0 saturated carbocycles. The number of nitrogens with two attached hydrogens (primary N) is 1. The average molecular weight is 222 g/mol. The highest BCUT2D eigenvalue weighted by Crippen LogP contribution is 2.33. The molecule has 0 aromatic heterocycles. The van der Waals surface area contributed by atoms with Gasteiger partial charge >= 0.3 is 0 Å². The smallest absolute Gasteiger partial charge is 0.231 e. The minimum Gasteiger partial charge on any atom is -0.454 e. The molecular weight excluding hydrogens is 204 g/mol. The maximum Gasteiger partial charge on any atom is 0.231 e. The number of fused-ring (bicyclic) bond motifs is 1. The molecule has 0 bridgehead atoms. The zero-order chi connectivity index (χ0) is 11.4. The molecule has 0 fully saturated rings.